The summed E-state index contributed by atoms with van der Waals surface area (Å²) in [4.78, 5) is 12.4. The monoisotopic (exact) mass is 397 g/mol. The molecule has 1 amide bonds. The number of carbonyl (C=O) groups excluding carboxylic acids is 1. The van der Waals surface area contributed by atoms with Crippen LogP contribution < -0.4 is 5.32 Å². The molecule has 0 unspecified atom stereocenters. The van der Waals surface area contributed by atoms with Gasteiger partial charge in [0.15, 0.2) is 11.5 Å². The van der Waals surface area contributed by atoms with E-state index in [1.807, 2.05) is 30.3 Å². The minimum atomic E-state index is -4.51. The summed E-state index contributed by atoms with van der Waals surface area (Å²) in [5.41, 5.74) is 0.625. The molecule has 2 aromatic heterocycles. The van der Waals surface area contributed by atoms with Gasteiger partial charge in [-0.1, -0.05) is 18.2 Å². The van der Waals surface area contributed by atoms with Crippen molar-refractivity contribution in [3.8, 4) is 11.4 Å². The van der Waals surface area contributed by atoms with Crippen LogP contribution in [-0.2, 0) is 6.18 Å². The summed E-state index contributed by atoms with van der Waals surface area (Å²) < 4.78 is 40.7. The molecule has 0 aliphatic heterocycles. The molecule has 4 rings (SSSR count). The normalized spacial score (nSPS) is 11.4. The smallest absolute Gasteiger partial charge is 0.305 e. The van der Waals surface area contributed by atoms with Crippen LogP contribution >= 0.6 is 0 Å². The maximum Gasteiger partial charge on any atom is 0.435 e. The average molecular weight is 397 g/mol. The van der Waals surface area contributed by atoms with Gasteiger partial charge in [-0.3, -0.25) is 4.79 Å². The molecule has 0 bridgehead atoms. The summed E-state index contributed by atoms with van der Waals surface area (Å²) in [5, 5.41) is 10.5. The van der Waals surface area contributed by atoms with E-state index in [1.165, 1.54) is 30.5 Å². The van der Waals surface area contributed by atoms with Crippen LogP contribution in [0.1, 0.15) is 16.1 Å². The van der Waals surface area contributed by atoms with Crippen LogP contribution in [0.15, 0.2) is 79.1 Å². The number of carbonyl (C=O) groups is 1. The summed E-state index contributed by atoms with van der Waals surface area (Å²) in [6.07, 6.45) is -1.56. The van der Waals surface area contributed by atoms with E-state index in [1.54, 1.807) is 16.9 Å². The molecule has 1 N–H and O–H groups in total. The van der Waals surface area contributed by atoms with E-state index >= 15 is 0 Å². The maximum atomic E-state index is 12.7. The van der Waals surface area contributed by atoms with Gasteiger partial charge in [0.25, 0.3) is 5.91 Å². The quantitative estimate of drug-likeness (QED) is 0.558. The number of hydrogen-bond acceptors (Lipinski definition) is 3. The second-order valence-corrected chi connectivity index (χ2v) is 6.13. The SMILES string of the molecule is O=C(Nc1ccn(-c2ccccc2)n1)c1ccc(-n2ccc(C(F)(F)F)n2)cc1. The predicted octanol–water partition coefficient (Wildman–Crippen LogP) is 4.33. The Morgan fingerprint density at radius 1 is 0.793 bits per heavy atom. The molecule has 146 valence electrons. The number of rotatable bonds is 4. The molecule has 6 nitrogen and oxygen atoms in total. The lowest BCUT2D eigenvalue weighted by Crippen LogP contribution is -2.13. The summed E-state index contributed by atoms with van der Waals surface area (Å²) in [7, 11) is 0. The van der Waals surface area contributed by atoms with Gasteiger partial charge in [0, 0.05) is 24.0 Å². The Morgan fingerprint density at radius 2 is 1.41 bits per heavy atom. The molecule has 0 saturated carbocycles. The van der Waals surface area contributed by atoms with Crippen LogP contribution in [0.3, 0.4) is 0 Å². The molecule has 0 saturated heterocycles. The predicted molar refractivity (Wildman–Crippen MR) is 100 cm³/mol. The zero-order valence-electron chi connectivity index (χ0n) is 14.8. The van der Waals surface area contributed by atoms with Gasteiger partial charge in [0.2, 0.25) is 0 Å². The standard InChI is InChI=1S/C20H14F3N5O/c21-20(22,23)17-10-12-27(25-17)16-8-6-14(7-9-16)19(29)24-18-11-13-28(26-18)15-4-2-1-3-5-15/h1-13H,(H,24,26,29). The number of para-hydroxylation sites is 1. The largest absolute Gasteiger partial charge is 0.435 e. The lowest BCUT2D eigenvalue weighted by atomic mass is 10.2. The maximum absolute atomic E-state index is 12.7. The first-order chi connectivity index (χ1) is 13.9. The number of alkyl halides is 3. The fourth-order valence-corrected chi connectivity index (χ4v) is 2.69. The van der Waals surface area contributed by atoms with Crippen LogP contribution in [0.25, 0.3) is 11.4 Å². The third-order valence-corrected chi connectivity index (χ3v) is 4.12. The Morgan fingerprint density at radius 3 is 2.07 bits per heavy atom. The Hall–Kier alpha value is -3.88. The minimum absolute atomic E-state index is 0.339. The van der Waals surface area contributed by atoms with Crippen molar-refractivity contribution in [3.05, 3.63) is 90.4 Å². The molecule has 0 radical (unpaired) electrons. The summed E-state index contributed by atoms with van der Waals surface area (Å²) in [6, 6.07) is 18.0. The van der Waals surface area contributed by atoms with Crippen LogP contribution in [0.2, 0.25) is 0 Å². The number of nitrogens with one attached hydrogen (secondary N) is 1. The van der Waals surface area contributed by atoms with Gasteiger partial charge in [-0.05, 0) is 42.5 Å². The molecule has 2 aromatic carbocycles. The van der Waals surface area contributed by atoms with Crippen LogP contribution in [0.5, 0.6) is 0 Å². The third-order valence-electron chi connectivity index (χ3n) is 4.12. The highest BCUT2D eigenvalue weighted by Crippen LogP contribution is 2.27. The number of aromatic nitrogens is 4. The minimum Gasteiger partial charge on any atom is -0.305 e. The fourth-order valence-electron chi connectivity index (χ4n) is 2.69. The summed E-state index contributed by atoms with van der Waals surface area (Å²) in [5.74, 6) is -0.00358. The van der Waals surface area contributed by atoms with Gasteiger partial charge in [0.05, 0.1) is 11.4 Å². The number of anilines is 1. The number of nitrogens with zero attached hydrogens (tertiary/aromatic N) is 4. The second-order valence-electron chi connectivity index (χ2n) is 6.13. The van der Waals surface area contributed by atoms with Gasteiger partial charge < -0.3 is 5.32 Å². The van der Waals surface area contributed by atoms with Gasteiger partial charge in [-0.2, -0.15) is 23.4 Å². The molecule has 9 heteroatoms. The van der Waals surface area contributed by atoms with E-state index in [2.05, 4.69) is 15.5 Å². The highest BCUT2D eigenvalue weighted by Gasteiger charge is 2.33. The van der Waals surface area contributed by atoms with Crippen molar-refractivity contribution in [3.63, 3.8) is 0 Å². The number of hydrogen-bond donors (Lipinski definition) is 1. The first-order valence-corrected chi connectivity index (χ1v) is 8.56. The van der Waals surface area contributed by atoms with E-state index in [0.29, 0.717) is 17.1 Å². The van der Waals surface area contributed by atoms with Crippen molar-refractivity contribution < 1.29 is 18.0 Å². The second kappa shape index (κ2) is 7.27. The van der Waals surface area contributed by atoms with Crippen molar-refractivity contribution >= 4 is 11.7 Å². The zero-order chi connectivity index (χ0) is 20.4. The molecular formula is C20H14F3N5O. The van der Waals surface area contributed by atoms with Crippen LogP contribution in [-0.4, -0.2) is 25.5 Å². The average Bonchev–Trinajstić information content (AvgIpc) is 3.38. The van der Waals surface area contributed by atoms with E-state index in [0.717, 1.165) is 16.4 Å². The van der Waals surface area contributed by atoms with Crippen molar-refractivity contribution in [1.29, 1.82) is 0 Å². The van der Waals surface area contributed by atoms with E-state index in [9.17, 15) is 18.0 Å². The number of benzene rings is 2. The molecule has 0 atom stereocenters. The Bertz CT molecular complexity index is 1130. The van der Waals surface area contributed by atoms with E-state index in [-0.39, 0.29) is 5.91 Å². The van der Waals surface area contributed by atoms with Gasteiger partial charge >= 0.3 is 6.18 Å². The Kier molecular flexibility index (Phi) is 4.63. The van der Waals surface area contributed by atoms with Gasteiger partial charge in [-0.25, -0.2) is 9.36 Å². The van der Waals surface area contributed by atoms with Crippen molar-refractivity contribution in [2.75, 3.05) is 5.32 Å². The Labute approximate surface area is 163 Å². The first-order valence-electron chi connectivity index (χ1n) is 8.56. The topological polar surface area (TPSA) is 64.7 Å². The molecule has 0 aliphatic rings. The van der Waals surface area contributed by atoms with E-state index < -0.39 is 11.9 Å². The highest BCUT2D eigenvalue weighted by atomic mass is 19.4. The fraction of sp³-hybridized carbons (Fsp3) is 0.0500. The number of amides is 1. The van der Waals surface area contributed by atoms with Crippen LogP contribution in [0.4, 0.5) is 19.0 Å². The van der Waals surface area contributed by atoms with Crippen molar-refractivity contribution in [1.82, 2.24) is 19.6 Å². The van der Waals surface area contributed by atoms with E-state index in [4.69, 9.17) is 0 Å². The molecular weight excluding hydrogens is 383 g/mol. The van der Waals surface area contributed by atoms with Gasteiger partial charge in [-0.15, -0.1) is 0 Å². The molecule has 2 heterocycles. The molecule has 29 heavy (non-hydrogen) atoms. The summed E-state index contributed by atoms with van der Waals surface area (Å²) >= 11 is 0. The summed E-state index contributed by atoms with van der Waals surface area (Å²) in [6.45, 7) is 0. The Balaban J connectivity index is 1.46. The van der Waals surface area contributed by atoms with Crippen molar-refractivity contribution in [2.45, 2.75) is 6.18 Å². The molecule has 0 aliphatic carbocycles. The number of halogens is 3. The molecule has 4 aromatic rings. The lowest BCUT2D eigenvalue weighted by molar-refractivity contribution is -0.141. The first kappa shape index (κ1) is 18.5. The zero-order valence-corrected chi connectivity index (χ0v) is 14.8. The van der Waals surface area contributed by atoms with Crippen molar-refractivity contribution in [2.24, 2.45) is 0 Å². The van der Waals surface area contributed by atoms with Crippen LogP contribution in [0, 0.1) is 0 Å². The lowest BCUT2D eigenvalue weighted by Gasteiger charge is -2.05. The van der Waals surface area contributed by atoms with Gasteiger partial charge in [0.1, 0.15) is 0 Å². The molecule has 0 fully saturated rings. The molecule has 0 spiro atoms. The highest BCUT2D eigenvalue weighted by molar-refractivity contribution is 6.03. The third kappa shape index (κ3) is 4.03.